The van der Waals surface area contributed by atoms with E-state index in [0.717, 1.165) is 6.07 Å². The normalized spacial score (nSPS) is 32.7. The van der Waals surface area contributed by atoms with Crippen LogP contribution in [-0.4, -0.2) is 50.9 Å². The predicted octanol–water partition coefficient (Wildman–Crippen LogP) is 0.454. The number of nitrogens with zero attached hydrogens (tertiary/aromatic N) is 1. The third-order valence-electron chi connectivity index (χ3n) is 3.18. The molecule has 0 bridgehead atoms. The van der Waals surface area contributed by atoms with Gasteiger partial charge >= 0.3 is 0 Å². The second-order valence-electron chi connectivity index (χ2n) is 4.67. The van der Waals surface area contributed by atoms with Crippen molar-refractivity contribution in [1.29, 1.82) is 0 Å². The number of ether oxygens (including phenoxy) is 2. The highest BCUT2D eigenvalue weighted by atomic mass is 35.5. The molecule has 0 aliphatic carbocycles. The Morgan fingerprint density at radius 3 is 2.52 bits per heavy atom. The molecule has 0 amide bonds. The molecule has 0 unspecified atom stereocenters. The zero-order valence-corrected chi connectivity index (χ0v) is 11.7. The first-order valence-corrected chi connectivity index (χ1v) is 6.49. The van der Waals surface area contributed by atoms with Crippen LogP contribution in [0.1, 0.15) is 6.92 Å². The first kappa shape index (κ1) is 15.9. The fourth-order valence-electron chi connectivity index (χ4n) is 1.93. The molecule has 1 aliphatic heterocycles. The van der Waals surface area contributed by atoms with E-state index in [-0.39, 0.29) is 16.5 Å². The lowest BCUT2D eigenvalue weighted by Gasteiger charge is -2.38. The van der Waals surface area contributed by atoms with Crippen LogP contribution >= 0.6 is 11.6 Å². The standard InChI is InChI=1S/C12H14ClNO7/c1-5-9(15)10(16)11(17)12(20-5)21-8-3-2-6(14(18)19)4-7(8)13/h2-5,9-12,15-17H,1H3/t5-,9-,10+,11+,12+/m0/s1. The van der Waals surface area contributed by atoms with Crippen LogP contribution in [-0.2, 0) is 4.74 Å². The number of rotatable bonds is 3. The first-order valence-electron chi connectivity index (χ1n) is 6.11. The Morgan fingerprint density at radius 1 is 1.29 bits per heavy atom. The van der Waals surface area contributed by atoms with E-state index in [2.05, 4.69) is 0 Å². The topological polar surface area (TPSA) is 122 Å². The number of nitro groups is 1. The quantitative estimate of drug-likeness (QED) is 0.546. The Balaban J connectivity index is 2.16. The molecule has 1 saturated heterocycles. The van der Waals surface area contributed by atoms with E-state index in [1.165, 1.54) is 19.1 Å². The minimum Gasteiger partial charge on any atom is -0.460 e. The Labute approximate surface area is 124 Å². The van der Waals surface area contributed by atoms with Crippen molar-refractivity contribution in [3.8, 4) is 5.75 Å². The van der Waals surface area contributed by atoms with Crippen LogP contribution in [0.4, 0.5) is 5.69 Å². The van der Waals surface area contributed by atoms with Crippen LogP contribution in [0.15, 0.2) is 18.2 Å². The number of benzene rings is 1. The molecule has 8 nitrogen and oxygen atoms in total. The highest BCUT2D eigenvalue weighted by molar-refractivity contribution is 6.32. The molecular weight excluding hydrogens is 306 g/mol. The van der Waals surface area contributed by atoms with E-state index in [4.69, 9.17) is 21.1 Å². The number of aliphatic hydroxyl groups is 3. The van der Waals surface area contributed by atoms with Gasteiger partial charge in [-0.1, -0.05) is 11.6 Å². The van der Waals surface area contributed by atoms with Crippen molar-refractivity contribution in [1.82, 2.24) is 0 Å². The van der Waals surface area contributed by atoms with Gasteiger partial charge in [0.05, 0.1) is 16.0 Å². The average molecular weight is 320 g/mol. The van der Waals surface area contributed by atoms with Gasteiger partial charge in [-0.05, 0) is 13.0 Å². The molecule has 5 atom stereocenters. The van der Waals surface area contributed by atoms with Gasteiger partial charge in [-0.25, -0.2) is 0 Å². The minimum atomic E-state index is -1.48. The minimum absolute atomic E-state index is 0.0340. The van der Waals surface area contributed by atoms with E-state index in [1.54, 1.807) is 0 Å². The van der Waals surface area contributed by atoms with Crippen molar-refractivity contribution >= 4 is 17.3 Å². The van der Waals surface area contributed by atoms with Crippen LogP contribution in [0.5, 0.6) is 5.75 Å². The van der Waals surface area contributed by atoms with Gasteiger partial charge in [0, 0.05) is 12.1 Å². The molecular formula is C12H14ClNO7. The molecule has 2 rings (SSSR count). The van der Waals surface area contributed by atoms with Crippen LogP contribution in [0.3, 0.4) is 0 Å². The van der Waals surface area contributed by atoms with Crippen molar-refractivity contribution in [2.45, 2.75) is 37.6 Å². The summed E-state index contributed by atoms with van der Waals surface area (Å²) >= 11 is 5.86. The van der Waals surface area contributed by atoms with Gasteiger partial charge in [-0.15, -0.1) is 0 Å². The molecule has 116 valence electrons. The van der Waals surface area contributed by atoms with E-state index in [9.17, 15) is 25.4 Å². The molecule has 0 aromatic heterocycles. The predicted molar refractivity (Wildman–Crippen MR) is 71.1 cm³/mol. The average Bonchev–Trinajstić information content (AvgIpc) is 2.44. The van der Waals surface area contributed by atoms with Crippen LogP contribution in [0.2, 0.25) is 5.02 Å². The number of hydrogen-bond acceptors (Lipinski definition) is 7. The van der Waals surface area contributed by atoms with Crippen molar-refractivity contribution in [3.05, 3.63) is 33.3 Å². The summed E-state index contributed by atoms with van der Waals surface area (Å²) in [6.45, 7) is 1.51. The summed E-state index contributed by atoms with van der Waals surface area (Å²) in [5, 5.41) is 39.6. The molecule has 9 heteroatoms. The van der Waals surface area contributed by atoms with E-state index < -0.39 is 35.6 Å². The van der Waals surface area contributed by atoms with E-state index in [0.29, 0.717) is 0 Å². The summed E-state index contributed by atoms with van der Waals surface area (Å²) in [5.74, 6) is 0.0575. The largest absolute Gasteiger partial charge is 0.460 e. The third-order valence-corrected chi connectivity index (χ3v) is 3.47. The number of hydrogen-bond donors (Lipinski definition) is 3. The zero-order valence-electron chi connectivity index (χ0n) is 10.9. The lowest BCUT2D eigenvalue weighted by Crippen LogP contribution is -2.58. The monoisotopic (exact) mass is 319 g/mol. The van der Waals surface area contributed by atoms with Gasteiger partial charge in [0.15, 0.2) is 0 Å². The van der Waals surface area contributed by atoms with Gasteiger partial charge in [0.25, 0.3) is 5.69 Å². The lowest BCUT2D eigenvalue weighted by atomic mass is 10.00. The van der Waals surface area contributed by atoms with Crippen LogP contribution in [0.25, 0.3) is 0 Å². The van der Waals surface area contributed by atoms with Gasteiger partial charge in [-0.2, -0.15) is 0 Å². The van der Waals surface area contributed by atoms with Gasteiger partial charge in [0.2, 0.25) is 6.29 Å². The van der Waals surface area contributed by atoms with Crippen molar-refractivity contribution in [3.63, 3.8) is 0 Å². The number of halogens is 1. The van der Waals surface area contributed by atoms with Gasteiger partial charge < -0.3 is 24.8 Å². The molecule has 3 N–H and O–H groups in total. The fraction of sp³-hybridized carbons (Fsp3) is 0.500. The zero-order chi connectivity index (χ0) is 15.7. The van der Waals surface area contributed by atoms with Gasteiger partial charge in [-0.3, -0.25) is 10.1 Å². The molecule has 21 heavy (non-hydrogen) atoms. The van der Waals surface area contributed by atoms with Crippen molar-refractivity contribution in [2.75, 3.05) is 0 Å². The van der Waals surface area contributed by atoms with E-state index >= 15 is 0 Å². The lowest BCUT2D eigenvalue weighted by molar-refractivity contribution is -0.384. The SMILES string of the molecule is C[C@@H]1O[C@H](Oc2ccc([N+](=O)[O-])cc2Cl)[C@H](O)[C@H](O)[C@H]1O. The van der Waals surface area contributed by atoms with Crippen LogP contribution in [0, 0.1) is 10.1 Å². The highest BCUT2D eigenvalue weighted by Crippen LogP contribution is 2.31. The highest BCUT2D eigenvalue weighted by Gasteiger charge is 2.43. The summed E-state index contributed by atoms with van der Waals surface area (Å²) in [6, 6.07) is 3.55. The fourth-order valence-corrected chi connectivity index (χ4v) is 2.15. The molecule has 0 saturated carbocycles. The molecule has 1 aliphatic rings. The second-order valence-corrected chi connectivity index (χ2v) is 5.08. The summed E-state index contributed by atoms with van der Waals surface area (Å²) in [4.78, 5) is 10.0. The Morgan fingerprint density at radius 2 is 1.95 bits per heavy atom. The van der Waals surface area contributed by atoms with Crippen LogP contribution < -0.4 is 4.74 Å². The molecule has 1 aromatic carbocycles. The molecule has 0 spiro atoms. The van der Waals surface area contributed by atoms with Gasteiger partial charge in [0.1, 0.15) is 24.1 Å². The molecule has 1 aromatic rings. The maximum absolute atomic E-state index is 10.6. The van der Waals surface area contributed by atoms with E-state index in [1.807, 2.05) is 0 Å². The number of aliphatic hydroxyl groups excluding tert-OH is 3. The van der Waals surface area contributed by atoms with Crippen molar-refractivity contribution < 1.29 is 29.7 Å². The second kappa shape index (κ2) is 6.12. The maximum atomic E-state index is 10.6. The summed E-state index contributed by atoms with van der Waals surface area (Å²) in [7, 11) is 0. The maximum Gasteiger partial charge on any atom is 0.271 e. The third kappa shape index (κ3) is 3.25. The van der Waals surface area contributed by atoms with Crippen molar-refractivity contribution in [2.24, 2.45) is 0 Å². The summed E-state index contributed by atoms with van der Waals surface area (Å²) in [6.07, 6.45) is -6.17. The Kier molecular flexibility index (Phi) is 4.64. The molecule has 0 radical (unpaired) electrons. The smallest absolute Gasteiger partial charge is 0.271 e. The molecule has 1 fully saturated rings. The summed E-state index contributed by atoms with van der Waals surface area (Å²) < 4.78 is 10.6. The first-order chi connectivity index (χ1) is 9.81. The number of nitro benzene ring substituents is 1. The Hall–Kier alpha value is -1.45. The number of non-ortho nitro benzene ring substituents is 1. The molecule has 1 heterocycles. The Bertz CT molecular complexity index is 540. The summed E-state index contributed by atoms with van der Waals surface area (Å²) in [5.41, 5.74) is -0.207.